The van der Waals surface area contributed by atoms with Crippen molar-refractivity contribution < 1.29 is 14.5 Å². The van der Waals surface area contributed by atoms with Gasteiger partial charge in [-0.2, -0.15) is 0 Å². The molecule has 2 unspecified atom stereocenters. The number of nitro benzene ring substituents is 1. The molecule has 2 rings (SSSR count). The number of hydrogen-bond donors (Lipinski definition) is 1. The molecule has 1 N–H and O–H groups in total. The van der Waals surface area contributed by atoms with Gasteiger partial charge >= 0.3 is 5.97 Å². The highest BCUT2D eigenvalue weighted by Gasteiger charge is 2.36. The number of esters is 1. The van der Waals surface area contributed by atoms with Crippen LogP contribution in [-0.4, -0.2) is 48.5 Å². The smallest absolute Gasteiger partial charge is 0.310 e. The molecule has 1 aliphatic heterocycles. The van der Waals surface area contributed by atoms with Gasteiger partial charge in [0.15, 0.2) is 5.96 Å². The normalized spacial score (nSPS) is 19.7. The van der Waals surface area contributed by atoms with Crippen molar-refractivity contribution in [3.05, 3.63) is 39.9 Å². The topological polar surface area (TPSA) is 97.1 Å². The van der Waals surface area contributed by atoms with E-state index in [-0.39, 0.29) is 54.0 Å². The summed E-state index contributed by atoms with van der Waals surface area (Å²) < 4.78 is 4.86. The molecule has 0 radical (unpaired) electrons. The van der Waals surface area contributed by atoms with Gasteiger partial charge in [0, 0.05) is 25.7 Å². The minimum absolute atomic E-state index is 0. The number of ether oxygens (including phenoxy) is 1. The van der Waals surface area contributed by atoms with Gasteiger partial charge in [-0.1, -0.05) is 25.1 Å². The number of carbonyl (C=O) groups excluding carboxylic acids is 1. The lowest BCUT2D eigenvalue weighted by Gasteiger charge is -2.21. The maximum absolute atomic E-state index is 11.9. The summed E-state index contributed by atoms with van der Waals surface area (Å²) >= 11 is 0. The van der Waals surface area contributed by atoms with E-state index in [4.69, 9.17) is 4.74 Å². The standard InChI is InChI=1S/C17H24N4O4.HI/c1-4-18-17(20-10-12(2)14(11-20)16(22)25-3)19-9-13-7-5-6-8-15(13)21(23)24;/h5-8,12,14H,4,9-11H2,1-3H3,(H,18,19);1H. The summed E-state index contributed by atoms with van der Waals surface area (Å²) in [6.45, 7) is 6.04. The molecule has 0 aliphatic carbocycles. The first-order valence-electron chi connectivity index (χ1n) is 8.31. The first-order chi connectivity index (χ1) is 12.0. The van der Waals surface area contributed by atoms with Crippen LogP contribution in [0.2, 0.25) is 0 Å². The first kappa shape index (κ1) is 22.1. The Bertz CT molecular complexity index is 668. The number of hydrogen-bond acceptors (Lipinski definition) is 5. The van der Waals surface area contributed by atoms with Crippen molar-refractivity contribution in [2.24, 2.45) is 16.8 Å². The van der Waals surface area contributed by atoms with E-state index in [1.165, 1.54) is 13.2 Å². The number of likely N-dealkylation sites (tertiary alicyclic amines) is 1. The van der Waals surface area contributed by atoms with Gasteiger partial charge in [0.25, 0.3) is 5.69 Å². The minimum Gasteiger partial charge on any atom is -0.469 e. The van der Waals surface area contributed by atoms with Crippen LogP contribution in [-0.2, 0) is 16.1 Å². The molecular weight excluding hydrogens is 451 g/mol. The maximum Gasteiger partial charge on any atom is 0.310 e. The number of halogens is 1. The lowest BCUT2D eigenvalue weighted by atomic mass is 9.99. The van der Waals surface area contributed by atoms with Gasteiger partial charge in [-0.05, 0) is 12.8 Å². The highest BCUT2D eigenvalue weighted by atomic mass is 127. The third-order valence-electron chi connectivity index (χ3n) is 4.34. The number of para-hydroxylation sites is 1. The summed E-state index contributed by atoms with van der Waals surface area (Å²) in [5, 5.41) is 14.3. The number of benzene rings is 1. The second-order valence-electron chi connectivity index (χ2n) is 6.07. The molecule has 1 aromatic carbocycles. The average molecular weight is 476 g/mol. The monoisotopic (exact) mass is 476 g/mol. The predicted octanol–water partition coefficient (Wildman–Crippen LogP) is 2.42. The number of carbonyl (C=O) groups is 1. The number of rotatable bonds is 5. The zero-order chi connectivity index (χ0) is 18.4. The second kappa shape index (κ2) is 10.3. The van der Waals surface area contributed by atoms with Crippen LogP contribution in [0.5, 0.6) is 0 Å². The Labute approximate surface area is 170 Å². The number of nitro groups is 1. The molecule has 144 valence electrons. The molecule has 1 saturated heterocycles. The molecule has 1 heterocycles. The largest absolute Gasteiger partial charge is 0.469 e. The fourth-order valence-electron chi connectivity index (χ4n) is 3.01. The summed E-state index contributed by atoms with van der Waals surface area (Å²) in [6.07, 6.45) is 0. The maximum atomic E-state index is 11.9. The third-order valence-corrected chi connectivity index (χ3v) is 4.34. The summed E-state index contributed by atoms with van der Waals surface area (Å²) in [5.74, 6) is 0.394. The van der Waals surface area contributed by atoms with Crippen molar-refractivity contribution in [1.82, 2.24) is 10.2 Å². The van der Waals surface area contributed by atoms with E-state index < -0.39 is 4.92 Å². The Balaban J connectivity index is 0.00000338. The fraction of sp³-hybridized carbons (Fsp3) is 0.529. The van der Waals surface area contributed by atoms with Crippen LogP contribution in [0.4, 0.5) is 5.69 Å². The Morgan fingerprint density at radius 2 is 2.12 bits per heavy atom. The van der Waals surface area contributed by atoms with Crippen molar-refractivity contribution in [3.63, 3.8) is 0 Å². The van der Waals surface area contributed by atoms with Crippen molar-refractivity contribution in [2.75, 3.05) is 26.7 Å². The van der Waals surface area contributed by atoms with Gasteiger partial charge in [-0.25, -0.2) is 4.99 Å². The lowest BCUT2D eigenvalue weighted by Crippen LogP contribution is -2.40. The molecule has 1 aromatic rings. The minimum atomic E-state index is -0.400. The van der Waals surface area contributed by atoms with Gasteiger partial charge in [-0.15, -0.1) is 24.0 Å². The highest BCUT2D eigenvalue weighted by molar-refractivity contribution is 14.0. The number of guanidine groups is 1. The molecule has 9 heteroatoms. The number of nitrogens with zero attached hydrogens (tertiary/aromatic N) is 3. The van der Waals surface area contributed by atoms with Crippen LogP contribution in [0.15, 0.2) is 29.3 Å². The predicted molar refractivity (Wildman–Crippen MR) is 110 cm³/mol. The van der Waals surface area contributed by atoms with Gasteiger partial charge < -0.3 is 15.0 Å². The second-order valence-corrected chi connectivity index (χ2v) is 6.07. The Morgan fingerprint density at radius 3 is 2.73 bits per heavy atom. The number of methoxy groups -OCH3 is 1. The summed E-state index contributed by atoms with van der Waals surface area (Å²) in [6, 6.07) is 6.58. The zero-order valence-electron chi connectivity index (χ0n) is 15.2. The molecule has 0 aromatic heterocycles. The van der Waals surface area contributed by atoms with E-state index in [2.05, 4.69) is 10.3 Å². The average Bonchev–Trinajstić information content (AvgIpc) is 2.99. The summed E-state index contributed by atoms with van der Waals surface area (Å²) in [5.41, 5.74) is 0.615. The first-order valence-corrected chi connectivity index (χ1v) is 8.31. The van der Waals surface area contributed by atoms with Crippen molar-refractivity contribution in [1.29, 1.82) is 0 Å². The molecule has 0 amide bonds. The molecule has 26 heavy (non-hydrogen) atoms. The van der Waals surface area contributed by atoms with Crippen LogP contribution >= 0.6 is 24.0 Å². The van der Waals surface area contributed by atoms with Gasteiger partial charge in [0.05, 0.1) is 30.1 Å². The molecule has 1 fully saturated rings. The Kier molecular flexibility index (Phi) is 8.76. The SMILES string of the molecule is CCNC(=NCc1ccccc1[N+](=O)[O-])N1CC(C)C(C(=O)OC)C1.I. The van der Waals surface area contributed by atoms with E-state index in [1.54, 1.807) is 18.2 Å². The molecule has 0 bridgehead atoms. The van der Waals surface area contributed by atoms with E-state index >= 15 is 0 Å². The number of nitrogens with one attached hydrogen (secondary N) is 1. The van der Waals surface area contributed by atoms with Gasteiger partial charge in [0.1, 0.15) is 0 Å². The highest BCUT2D eigenvalue weighted by Crippen LogP contribution is 2.24. The Morgan fingerprint density at radius 1 is 1.42 bits per heavy atom. The molecule has 2 atom stereocenters. The fourth-order valence-corrected chi connectivity index (χ4v) is 3.01. The summed E-state index contributed by atoms with van der Waals surface area (Å²) in [4.78, 5) is 29.1. The van der Waals surface area contributed by atoms with Crippen LogP contribution in [0.25, 0.3) is 0 Å². The van der Waals surface area contributed by atoms with E-state index in [0.717, 1.165) is 0 Å². The molecule has 0 saturated carbocycles. The quantitative estimate of drug-likeness (QED) is 0.175. The zero-order valence-corrected chi connectivity index (χ0v) is 17.5. The molecular formula is C17H25IN4O4. The van der Waals surface area contributed by atoms with E-state index in [9.17, 15) is 14.9 Å². The van der Waals surface area contributed by atoms with Crippen molar-refractivity contribution in [2.45, 2.75) is 20.4 Å². The van der Waals surface area contributed by atoms with Gasteiger partial charge in [-0.3, -0.25) is 14.9 Å². The number of aliphatic imine (C=N–C) groups is 1. The third kappa shape index (κ3) is 5.29. The summed E-state index contributed by atoms with van der Waals surface area (Å²) in [7, 11) is 1.39. The van der Waals surface area contributed by atoms with Crippen molar-refractivity contribution in [3.8, 4) is 0 Å². The van der Waals surface area contributed by atoms with Crippen LogP contribution in [0.1, 0.15) is 19.4 Å². The van der Waals surface area contributed by atoms with Gasteiger partial charge in [0.2, 0.25) is 0 Å². The van der Waals surface area contributed by atoms with Crippen LogP contribution < -0.4 is 5.32 Å². The molecule has 1 aliphatic rings. The van der Waals surface area contributed by atoms with E-state index in [0.29, 0.717) is 31.2 Å². The van der Waals surface area contributed by atoms with E-state index in [1.807, 2.05) is 18.7 Å². The Hall–Kier alpha value is -1.91. The molecule has 8 nitrogen and oxygen atoms in total. The lowest BCUT2D eigenvalue weighted by molar-refractivity contribution is -0.385. The van der Waals surface area contributed by atoms with Crippen LogP contribution in [0.3, 0.4) is 0 Å². The van der Waals surface area contributed by atoms with Crippen LogP contribution in [0, 0.1) is 22.0 Å². The van der Waals surface area contributed by atoms with Crippen molar-refractivity contribution >= 4 is 41.6 Å². The molecule has 0 spiro atoms.